The molecule has 1 aromatic carbocycles. The predicted octanol–water partition coefficient (Wildman–Crippen LogP) is 4.17. The zero-order valence-electron chi connectivity index (χ0n) is 16.8. The van der Waals surface area contributed by atoms with E-state index in [1.54, 1.807) is 12.3 Å². The molecule has 0 bridgehead atoms. The van der Waals surface area contributed by atoms with Gasteiger partial charge in [-0.1, -0.05) is 12.1 Å². The van der Waals surface area contributed by atoms with E-state index in [1.807, 2.05) is 11.4 Å². The van der Waals surface area contributed by atoms with Gasteiger partial charge in [-0.15, -0.1) is 11.3 Å². The molecular formula is C23H24N4O2S. The number of nitrogens with zero attached hydrogens (tertiary/aromatic N) is 3. The molecule has 1 amide bonds. The first-order chi connectivity index (χ1) is 14.8. The lowest BCUT2D eigenvalue weighted by Gasteiger charge is -2.29. The minimum absolute atomic E-state index is 0.184. The molecule has 0 atom stereocenters. The monoisotopic (exact) mass is 420 g/mol. The van der Waals surface area contributed by atoms with Crippen LogP contribution in [-0.2, 0) is 17.6 Å². The van der Waals surface area contributed by atoms with Gasteiger partial charge in [0.15, 0.2) is 5.13 Å². The number of morpholine rings is 1. The summed E-state index contributed by atoms with van der Waals surface area (Å²) in [6.07, 6.45) is 6.57. The highest BCUT2D eigenvalue weighted by atomic mass is 32.1. The molecule has 1 aliphatic carbocycles. The maximum Gasteiger partial charge on any atom is 0.261 e. The van der Waals surface area contributed by atoms with Gasteiger partial charge >= 0.3 is 0 Å². The number of carbonyl (C=O) groups is 1. The normalized spacial score (nSPS) is 16.2. The molecule has 3 heterocycles. The summed E-state index contributed by atoms with van der Waals surface area (Å²) in [5, 5.41) is 5.57. The molecule has 1 saturated heterocycles. The van der Waals surface area contributed by atoms with Gasteiger partial charge in [0.1, 0.15) is 5.82 Å². The Hall–Kier alpha value is -2.77. The van der Waals surface area contributed by atoms with Crippen molar-refractivity contribution >= 4 is 28.2 Å². The van der Waals surface area contributed by atoms with Crippen LogP contribution in [0.4, 0.5) is 10.9 Å². The van der Waals surface area contributed by atoms with Gasteiger partial charge < -0.3 is 9.64 Å². The van der Waals surface area contributed by atoms with E-state index < -0.39 is 0 Å². The third-order valence-electron chi connectivity index (χ3n) is 5.71. The van der Waals surface area contributed by atoms with E-state index in [0.29, 0.717) is 29.7 Å². The van der Waals surface area contributed by atoms with Gasteiger partial charge in [0.2, 0.25) is 0 Å². The van der Waals surface area contributed by atoms with E-state index in [0.717, 1.165) is 30.8 Å². The lowest BCUT2D eigenvalue weighted by Crippen LogP contribution is -2.38. The minimum Gasteiger partial charge on any atom is -0.378 e. The summed E-state index contributed by atoms with van der Waals surface area (Å²) in [4.78, 5) is 24.2. The van der Waals surface area contributed by atoms with Crippen molar-refractivity contribution in [2.75, 3.05) is 36.5 Å². The Labute approximate surface area is 179 Å². The van der Waals surface area contributed by atoms with Crippen LogP contribution in [0, 0.1) is 0 Å². The van der Waals surface area contributed by atoms with Crippen molar-refractivity contribution in [2.45, 2.75) is 25.7 Å². The predicted molar refractivity (Wildman–Crippen MR) is 119 cm³/mol. The van der Waals surface area contributed by atoms with Gasteiger partial charge in [0, 0.05) is 30.2 Å². The van der Waals surface area contributed by atoms with Gasteiger partial charge in [-0.3, -0.25) is 10.1 Å². The number of rotatable bonds is 4. The standard InChI is InChI=1S/C23H24N4O2S/c28-22(19-6-3-9-24-21(19)27-10-12-29-13-11-27)26-23-25-20(15-30-23)18-8-7-16-4-1-2-5-17(16)14-18/h3,6-9,14-15H,1-2,4-5,10-13H2,(H,25,26,28). The molecule has 3 aromatic rings. The fraction of sp³-hybridized carbons (Fsp3) is 0.348. The number of fused-ring (bicyclic) bond motifs is 1. The van der Waals surface area contributed by atoms with Crippen LogP contribution in [0.3, 0.4) is 0 Å². The van der Waals surface area contributed by atoms with Crippen molar-refractivity contribution in [1.82, 2.24) is 9.97 Å². The highest BCUT2D eigenvalue weighted by molar-refractivity contribution is 7.14. The van der Waals surface area contributed by atoms with Crippen molar-refractivity contribution in [3.63, 3.8) is 0 Å². The second-order valence-electron chi connectivity index (χ2n) is 7.66. The lowest BCUT2D eigenvalue weighted by molar-refractivity contribution is 0.102. The summed E-state index contributed by atoms with van der Waals surface area (Å²) >= 11 is 1.45. The number of carbonyl (C=O) groups excluding carboxylic acids is 1. The Morgan fingerprint density at radius 1 is 1.10 bits per heavy atom. The number of anilines is 2. The van der Waals surface area contributed by atoms with Crippen molar-refractivity contribution in [2.24, 2.45) is 0 Å². The molecule has 0 unspecified atom stereocenters. The number of hydrogen-bond acceptors (Lipinski definition) is 6. The number of nitrogens with one attached hydrogen (secondary N) is 1. The molecule has 0 saturated carbocycles. The quantitative estimate of drug-likeness (QED) is 0.686. The molecule has 30 heavy (non-hydrogen) atoms. The second kappa shape index (κ2) is 8.53. The van der Waals surface area contributed by atoms with E-state index in [4.69, 9.17) is 4.74 Å². The van der Waals surface area contributed by atoms with Crippen LogP contribution in [0.25, 0.3) is 11.3 Å². The zero-order valence-corrected chi connectivity index (χ0v) is 17.6. The molecule has 0 spiro atoms. The summed E-state index contributed by atoms with van der Waals surface area (Å²) in [6, 6.07) is 10.2. The Kier molecular flexibility index (Phi) is 5.46. The van der Waals surface area contributed by atoms with E-state index in [2.05, 4.69) is 38.4 Å². The van der Waals surface area contributed by atoms with Crippen LogP contribution in [0.2, 0.25) is 0 Å². The first-order valence-electron chi connectivity index (χ1n) is 10.4. The van der Waals surface area contributed by atoms with Crippen LogP contribution >= 0.6 is 11.3 Å². The summed E-state index contributed by atoms with van der Waals surface area (Å²) in [5.41, 5.74) is 5.47. The third kappa shape index (κ3) is 3.95. The molecule has 154 valence electrons. The van der Waals surface area contributed by atoms with Crippen molar-refractivity contribution in [3.8, 4) is 11.3 Å². The van der Waals surface area contributed by atoms with E-state index in [9.17, 15) is 4.79 Å². The van der Waals surface area contributed by atoms with Crippen LogP contribution in [0.1, 0.15) is 34.3 Å². The average Bonchev–Trinajstić information content (AvgIpc) is 3.28. The van der Waals surface area contributed by atoms with Crippen LogP contribution < -0.4 is 10.2 Å². The molecule has 2 aliphatic rings. The van der Waals surface area contributed by atoms with Crippen LogP contribution in [0.15, 0.2) is 41.9 Å². The van der Waals surface area contributed by atoms with Crippen molar-refractivity contribution < 1.29 is 9.53 Å². The Morgan fingerprint density at radius 3 is 2.80 bits per heavy atom. The first kappa shape index (κ1) is 19.2. The first-order valence-corrected chi connectivity index (χ1v) is 11.3. The van der Waals surface area contributed by atoms with Gasteiger partial charge in [-0.25, -0.2) is 9.97 Å². The molecule has 6 nitrogen and oxygen atoms in total. The SMILES string of the molecule is O=C(Nc1nc(-c2ccc3c(c2)CCCC3)cs1)c1cccnc1N1CCOCC1. The van der Waals surface area contributed by atoms with Crippen LogP contribution in [-0.4, -0.2) is 42.2 Å². The third-order valence-corrected chi connectivity index (χ3v) is 6.47. The molecule has 1 fully saturated rings. The van der Waals surface area contributed by atoms with E-state index in [1.165, 1.54) is 41.7 Å². The van der Waals surface area contributed by atoms with Crippen LogP contribution in [0.5, 0.6) is 0 Å². The summed E-state index contributed by atoms with van der Waals surface area (Å²) in [5.74, 6) is 0.515. The fourth-order valence-corrected chi connectivity index (χ4v) is 4.84. The number of amides is 1. The molecule has 2 aromatic heterocycles. The molecule has 7 heteroatoms. The Balaban J connectivity index is 1.34. The zero-order chi connectivity index (χ0) is 20.3. The van der Waals surface area contributed by atoms with Gasteiger partial charge in [-0.2, -0.15) is 0 Å². The molecular weight excluding hydrogens is 396 g/mol. The fourth-order valence-electron chi connectivity index (χ4n) is 4.12. The van der Waals surface area contributed by atoms with Gasteiger partial charge in [-0.05, 0) is 55.0 Å². The second-order valence-corrected chi connectivity index (χ2v) is 8.51. The number of ether oxygens (including phenoxy) is 1. The topological polar surface area (TPSA) is 67.4 Å². The molecule has 0 radical (unpaired) electrons. The maximum atomic E-state index is 13.0. The number of hydrogen-bond donors (Lipinski definition) is 1. The molecule has 5 rings (SSSR count). The summed E-state index contributed by atoms with van der Waals surface area (Å²) < 4.78 is 5.42. The average molecular weight is 421 g/mol. The van der Waals surface area contributed by atoms with Gasteiger partial charge in [0.25, 0.3) is 5.91 Å². The molecule has 1 N–H and O–H groups in total. The minimum atomic E-state index is -0.184. The molecule has 1 aliphatic heterocycles. The largest absolute Gasteiger partial charge is 0.378 e. The maximum absolute atomic E-state index is 13.0. The summed E-state index contributed by atoms with van der Waals surface area (Å²) in [6.45, 7) is 2.76. The Morgan fingerprint density at radius 2 is 1.93 bits per heavy atom. The van der Waals surface area contributed by atoms with E-state index >= 15 is 0 Å². The van der Waals surface area contributed by atoms with Crippen molar-refractivity contribution in [1.29, 1.82) is 0 Å². The number of benzene rings is 1. The van der Waals surface area contributed by atoms with Gasteiger partial charge in [0.05, 0.1) is 24.5 Å². The number of pyridine rings is 1. The number of aromatic nitrogens is 2. The smallest absolute Gasteiger partial charge is 0.261 e. The lowest BCUT2D eigenvalue weighted by atomic mass is 9.90. The van der Waals surface area contributed by atoms with E-state index in [-0.39, 0.29) is 5.91 Å². The Bertz CT molecular complexity index is 1060. The number of thiazole rings is 1. The number of aryl methyl sites for hydroxylation is 2. The highest BCUT2D eigenvalue weighted by Crippen LogP contribution is 2.30. The van der Waals surface area contributed by atoms with Crippen molar-refractivity contribution in [3.05, 3.63) is 58.6 Å². The summed E-state index contributed by atoms with van der Waals surface area (Å²) in [7, 11) is 0. The highest BCUT2D eigenvalue weighted by Gasteiger charge is 2.21.